The first-order chi connectivity index (χ1) is 16.6. The molecular weight excluding hydrogens is 442 g/mol. The molecule has 4 rings (SSSR count). The van der Waals surface area contributed by atoms with Crippen LogP contribution in [-0.2, 0) is 0 Å². The lowest BCUT2D eigenvalue weighted by Gasteiger charge is -2.39. The van der Waals surface area contributed by atoms with E-state index in [4.69, 9.17) is 4.74 Å². The van der Waals surface area contributed by atoms with E-state index in [9.17, 15) is 5.11 Å². The molecule has 1 aliphatic heterocycles. The van der Waals surface area contributed by atoms with Crippen molar-refractivity contribution >= 4 is 22.7 Å². The molecule has 3 atom stereocenters. The van der Waals surface area contributed by atoms with E-state index in [0.717, 1.165) is 35.9 Å². The molecule has 2 aliphatic rings. The van der Waals surface area contributed by atoms with Gasteiger partial charge in [-0.2, -0.15) is 11.8 Å². The number of aliphatic hydroxyl groups is 1. The highest BCUT2D eigenvalue weighted by molar-refractivity contribution is 7.99. The Labute approximate surface area is 210 Å². The zero-order valence-corrected chi connectivity index (χ0v) is 22.1. The van der Waals surface area contributed by atoms with E-state index in [-0.39, 0.29) is 0 Å². The lowest BCUT2D eigenvalue weighted by atomic mass is 9.81. The fourth-order valence-electron chi connectivity index (χ4n) is 5.98. The second-order valence-electron chi connectivity index (χ2n) is 10.4. The van der Waals surface area contributed by atoms with Crippen LogP contribution in [0.25, 0.3) is 10.9 Å². The molecule has 1 aromatic heterocycles. The Kier molecular flexibility index (Phi) is 9.52. The first-order valence-corrected chi connectivity index (χ1v) is 14.2. The van der Waals surface area contributed by atoms with Crippen molar-refractivity contribution in [1.82, 2.24) is 14.8 Å². The van der Waals surface area contributed by atoms with Crippen LogP contribution in [0.5, 0.6) is 5.75 Å². The predicted molar refractivity (Wildman–Crippen MR) is 144 cm³/mol. The summed E-state index contributed by atoms with van der Waals surface area (Å²) in [5.41, 5.74) is 2.33. The van der Waals surface area contributed by atoms with Gasteiger partial charge in [0, 0.05) is 48.3 Å². The van der Waals surface area contributed by atoms with Gasteiger partial charge < -0.3 is 19.6 Å². The maximum Gasteiger partial charge on any atom is 0.119 e. The lowest BCUT2D eigenvalue weighted by Crippen LogP contribution is -2.43. The minimum absolute atomic E-state index is 0.305. The number of ether oxygens (including phenoxy) is 1. The van der Waals surface area contributed by atoms with E-state index in [2.05, 4.69) is 52.8 Å². The van der Waals surface area contributed by atoms with E-state index in [1.807, 2.05) is 18.3 Å². The van der Waals surface area contributed by atoms with E-state index < -0.39 is 0 Å². The number of thioether (sulfide) groups is 1. The monoisotopic (exact) mass is 485 g/mol. The highest BCUT2D eigenvalue weighted by Gasteiger charge is 2.30. The lowest BCUT2D eigenvalue weighted by molar-refractivity contribution is 0.0671. The number of likely N-dealkylation sites (tertiary alicyclic amines) is 1. The van der Waals surface area contributed by atoms with Crippen LogP contribution < -0.4 is 4.74 Å². The smallest absolute Gasteiger partial charge is 0.119 e. The van der Waals surface area contributed by atoms with E-state index in [1.54, 1.807) is 7.11 Å². The number of aromatic nitrogens is 1. The number of aliphatic hydroxyl groups excluding tert-OH is 1. The number of rotatable bonds is 11. The summed E-state index contributed by atoms with van der Waals surface area (Å²) in [6.07, 6.45) is 11.0. The molecule has 1 aliphatic carbocycles. The molecule has 1 N–H and O–H groups in total. The van der Waals surface area contributed by atoms with Gasteiger partial charge in [0.05, 0.1) is 12.6 Å². The van der Waals surface area contributed by atoms with Crippen LogP contribution in [0.3, 0.4) is 0 Å². The minimum Gasteiger partial charge on any atom is -0.497 e. The number of piperidine rings is 1. The largest absolute Gasteiger partial charge is 0.497 e. The minimum atomic E-state index is 0.305. The highest BCUT2D eigenvalue weighted by atomic mass is 32.2. The van der Waals surface area contributed by atoms with Crippen molar-refractivity contribution in [3.05, 3.63) is 36.0 Å². The van der Waals surface area contributed by atoms with Gasteiger partial charge in [-0.15, -0.1) is 0 Å². The number of hydrogen-bond donors (Lipinski definition) is 1. The second-order valence-corrected chi connectivity index (χ2v) is 11.8. The molecule has 188 valence electrons. The van der Waals surface area contributed by atoms with Crippen molar-refractivity contribution in [3.63, 3.8) is 0 Å². The number of methoxy groups -OCH3 is 1. The van der Waals surface area contributed by atoms with Gasteiger partial charge in [-0.25, -0.2) is 0 Å². The predicted octanol–water partition coefficient (Wildman–Crippen LogP) is 5.23. The average molecular weight is 486 g/mol. The number of hydrogen-bond acceptors (Lipinski definition) is 6. The van der Waals surface area contributed by atoms with Crippen LogP contribution in [0.2, 0.25) is 0 Å². The van der Waals surface area contributed by atoms with Crippen molar-refractivity contribution < 1.29 is 9.84 Å². The normalized spacial score (nSPS) is 23.1. The summed E-state index contributed by atoms with van der Waals surface area (Å²) in [6, 6.07) is 8.63. The van der Waals surface area contributed by atoms with Crippen molar-refractivity contribution in [3.8, 4) is 5.75 Å². The third-order valence-electron chi connectivity index (χ3n) is 8.05. The molecule has 0 bridgehead atoms. The van der Waals surface area contributed by atoms with Gasteiger partial charge in [0.15, 0.2) is 0 Å². The van der Waals surface area contributed by atoms with Crippen molar-refractivity contribution in [2.45, 2.75) is 56.2 Å². The number of nitrogens with zero attached hydrogens (tertiary/aromatic N) is 3. The van der Waals surface area contributed by atoms with Gasteiger partial charge in [0.2, 0.25) is 0 Å². The fourth-order valence-corrected chi connectivity index (χ4v) is 7.34. The zero-order valence-electron chi connectivity index (χ0n) is 21.3. The van der Waals surface area contributed by atoms with Crippen molar-refractivity contribution in [2.24, 2.45) is 11.8 Å². The molecule has 5 nitrogen and oxygen atoms in total. The molecule has 0 amide bonds. The molecule has 6 heteroatoms. The summed E-state index contributed by atoms with van der Waals surface area (Å²) in [4.78, 5) is 9.51. The summed E-state index contributed by atoms with van der Waals surface area (Å²) < 4.78 is 5.49. The summed E-state index contributed by atoms with van der Waals surface area (Å²) in [5.74, 6) is 3.10. The number of benzene rings is 1. The van der Waals surface area contributed by atoms with Gasteiger partial charge >= 0.3 is 0 Å². The Bertz CT molecular complexity index is 902. The Balaban J connectivity index is 1.36. The van der Waals surface area contributed by atoms with Gasteiger partial charge in [0.1, 0.15) is 5.75 Å². The van der Waals surface area contributed by atoms with Crippen molar-refractivity contribution in [1.29, 1.82) is 0 Å². The van der Waals surface area contributed by atoms with Crippen LogP contribution in [0.4, 0.5) is 0 Å². The first kappa shape index (κ1) is 25.7. The molecule has 0 radical (unpaired) electrons. The summed E-state index contributed by atoms with van der Waals surface area (Å²) >= 11 is 2.18. The topological polar surface area (TPSA) is 48.8 Å². The van der Waals surface area contributed by atoms with Crippen molar-refractivity contribution in [2.75, 3.05) is 53.2 Å². The zero-order chi connectivity index (χ0) is 23.9. The summed E-state index contributed by atoms with van der Waals surface area (Å²) in [5, 5.41) is 12.3. The third kappa shape index (κ3) is 6.45. The van der Waals surface area contributed by atoms with E-state index in [1.165, 1.54) is 61.9 Å². The van der Waals surface area contributed by atoms with E-state index >= 15 is 0 Å². The van der Waals surface area contributed by atoms with Gasteiger partial charge in [-0.1, -0.05) is 12.8 Å². The fraction of sp³-hybridized carbons (Fsp3) is 0.679. The Hall–Kier alpha value is -1.34. The molecule has 2 heterocycles. The Morgan fingerprint density at radius 2 is 2.00 bits per heavy atom. The number of fused-ring (bicyclic) bond motifs is 1. The molecule has 1 aromatic carbocycles. The molecule has 1 saturated heterocycles. The Morgan fingerprint density at radius 3 is 2.74 bits per heavy atom. The maximum atomic E-state index is 10.2. The van der Waals surface area contributed by atoms with Gasteiger partial charge in [-0.3, -0.25) is 4.98 Å². The third-order valence-corrected chi connectivity index (χ3v) is 9.41. The molecule has 2 fully saturated rings. The molecule has 2 aromatic rings. The van der Waals surface area contributed by atoms with E-state index in [0.29, 0.717) is 24.5 Å². The molecule has 0 spiro atoms. The molecule has 1 saturated carbocycles. The number of pyridine rings is 1. The average Bonchev–Trinajstić information content (AvgIpc) is 3.38. The molecule has 34 heavy (non-hydrogen) atoms. The quantitative estimate of drug-likeness (QED) is 0.470. The summed E-state index contributed by atoms with van der Waals surface area (Å²) in [7, 11) is 6.06. The van der Waals surface area contributed by atoms with Crippen LogP contribution in [0.1, 0.15) is 56.6 Å². The second kappa shape index (κ2) is 12.6. The van der Waals surface area contributed by atoms with Crippen LogP contribution in [-0.4, -0.2) is 78.3 Å². The molecular formula is C28H43N3O2S. The maximum absolute atomic E-state index is 10.2. The SMILES string of the molecule is COc1ccc2nccc([C@@H](CC[C@@H]3CCN(CCSC4CCCC4)C[C@@H]3CO)N(C)C)c2c1. The van der Waals surface area contributed by atoms with Gasteiger partial charge in [-0.05, 0) is 94.4 Å². The van der Waals surface area contributed by atoms with Crippen LogP contribution in [0, 0.1) is 11.8 Å². The Morgan fingerprint density at radius 1 is 1.18 bits per heavy atom. The standard InChI is InChI=1S/C28H43N3O2S/c1-30(2)28(25-12-14-29-27-10-9-23(33-3)18-26(25)27)11-8-21-13-15-31(19-22(21)20-32)16-17-34-24-6-4-5-7-24/h9-10,12,14,18,21-22,24,28,32H,4-8,11,13,15-17,19-20H2,1-3H3/t21-,22-,28-/m1/s1. The summed E-state index contributed by atoms with van der Waals surface area (Å²) in [6.45, 7) is 3.71. The van der Waals surface area contributed by atoms with Crippen LogP contribution in [0.15, 0.2) is 30.5 Å². The molecule has 0 unspecified atom stereocenters. The van der Waals surface area contributed by atoms with Gasteiger partial charge in [0.25, 0.3) is 0 Å². The van der Waals surface area contributed by atoms with Crippen LogP contribution >= 0.6 is 11.8 Å². The highest BCUT2D eigenvalue weighted by Crippen LogP contribution is 2.36. The first-order valence-electron chi connectivity index (χ1n) is 13.1.